The zero-order chi connectivity index (χ0) is 16.0. The van der Waals surface area contributed by atoms with Gasteiger partial charge in [-0.3, -0.25) is 9.36 Å². The standard InChI is InChI=1S/C13H13F3N4OS/c14-13(15,16)8-20-9-17-19-12(20)22-7-6-11(21)18-10-4-2-1-3-5-10/h1-5,9H,6-8H2,(H,18,21). The van der Waals surface area contributed by atoms with Gasteiger partial charge in [-0.2, -0.15) is 13.2 Å². The molecule has 1 aromatic carbocycles. The molecule has 1 N–H and O–H groups in total. The average molecular weight is 330 g/mol. The fraction of sp³-hybridized carbons (Fsp3) is 0.308. The van der Waals surface area contributed by atoms with E-state index >= 15 is 0 Å². The summed E-state index contributed by atoms with van der Waals surface area (Å²) >= 11 is 1.06. The molecule has 0 aliphatic heterocycles. The highest BCUT2D eigenvalue weighted by molar-refractivity contribution is 7.99. The molecule has 0 saturated heterocycles. The molecule has 0 spiro atoms. The van der Waals surface area contributed by atoms with Crippen LogP contribution in [0.25, 0.3) is 0 Å². The number of amides is 1. The van der Waals surface area contributed by atoms with Gasteiger partial charge in [-0.15, -0.1) is 10.2 Å². The summed E-state index contributed by atoms with van der Waals surface area (Å²) < 4.78 is 37.9. The van der Waals surface area contributed by atoms with E-state index in [0.29, 0.717) is 11.4 Å². The topological polar surface area (TPSA) is 59.8 Å². The highest BCUT2D eigenvalue weighted by Crippen LogP contribution is 2.22. The van der Waals surface area contributed by atoms with E-state index in [-0.39, 0.29) is 17.5 Å². The van der Waals surface area contributed by atoms with E-state index in [2.05, 4.69) is 15.5 Å². The maximum atomic E-state index is 12.3. The van der Waals surface area contributed by atoms with Crippen molar-refractivity contribution < 1.29 is 18.0 Å². The average Bonchev–Trinajstić information content (AvgIpc) is 2.85. The van der Waals surface area contributed by atoms with E-state index in [0.717, 1.165) is 22.7 Å². The Labute approximate surface area is 128 Å². The van der Waals surface area contributed by atoms with Crippen LogP contribution in [0.2, 0.25) is 0 Å². The molecule has 1 aromatic heterocycles. The number of alkyl halides is 3. The van der Waals surface area contributed by atoms with Crippen LogP contribution in [0.5, 0.6) is 0 Å². The van der Waals surface area contributed by atoms with Crippen LogP contribution < -0.4 is 5.32 Å². The number of hydrogen-bond acceptors (Lipinski definition) is 4. The van der Waals surface area contributed by atoms with Gasteiger partial charge in [0.05, 0.1) is 0 Å². The smallest absolute Gasteiger partial charge is 0.326 e. The van der Waals surface area contributed by atoms with E-state index in [1.54, 1.807) is 24.3 Å². The van der Waals surface area contributed by atoms with Gasteiger partial charge in [0, 0.05) is 17.9 Å². The minimum atomic E-state index is -4.33. The van der Waals surface area contributed by atoms with Crippen molar-refractivity contribution in [1.82, 2.24) is 14.8 Å². The number of benzene rings is 1. The highest BCUT2D eigenvalue weighted by Gasteiger charge is 2.29. The Bertz CT molecular complexity index is 615. The number of aromatic nitrogens is 3. The molecule has 1 amide bonds. The molecule has 118 valence electrons. The molecule has 0 radical (unpaired) electrons. The van der Waals surface area contributed by atoms with Crippen molar-refractivity contribution in [3.8, 4) is 0 Å². The molecular weight excluding hydrogens is 317 g/mol. The summed E-state index contributed by atoms with van der Waals surface area (Å²) in [6.07, 6.45) is -3.14. The van der Waals surface area contributed by atoms with Crippen molar-refractivity contribution in [3.05, 3.63) is 36.7 Å². The number of halogens is 3. The van der Waals surface area contributed by atoms with Crippen LogP contribution in [-0.2, 0) is 11.3 Å². The number of carbonyl (C=O) groups excluding carboxylic acids is 1. The number of carbonyl (C=O) groups is 1. The SMILES string of the molecule is O=C(CCSc1nncn1CC(F)(F)F)Nc1ccccc1. The van der Waals surface area contributed by atoms with E-state index in [4.69, 9.17) is 0 Å². The van der Waals surface area contributed by atoms with Crippen molar-refractivity contribution in [3.63, 3.8) is 0 Å². The summed E-state index contributed by atoms with van der Waals surface area (Å²) in [4.78, 5) is 11.7. The largest absolute Gasteiger partial charge is 0.406 e. The van der Waals surface area contributed by atoms with Crippen LogP contribution in [0, 0.1) is 0 Å². The molecule has 0 atom stereocenters. The predicted molar refractivity (Wildman–Crippen MR) is 76.5 cm³/mol. The second kappa shape index (κ2) is 7.30. The number of anilines is 1. The van der Waals surface area contributed by atoms with Gasteiger partial charge in [-0.25, -0.2) is 0 Å². The molecule has 22 heavy (non-hydrogen) atoms. The molecular formula is C13H13F3N4OS. The van der Waals surface area contributed by atoms with E-state index in [1.165, 1.54) is 0 Å². The minimum absolute atomic E-state index is 0.143. The molecule has 0 saturated carbocycles. The number of thioether (sulfide) groups is 1. The van der Waals surface area contributed by atoms with Gasteiger partial charge in [0.15, 0.2) is 5.16 Å². The number of nitrogens with zero attached hydrogens (tertiary/aromatic N) is 3. The van der Waals surface area contributed by atoms with Crippen molar-refractivity contribution in [2.75, 3.05) is 11.1 Å². The number of nitrogens with one attached hydrogen (secondary N) is 1. The molecule has 5 nitrogen and oxygen atoms in total. The van der Waals surface area contributed by atoms with Gasteiger partial charge in [0.2, 0.25) is 5.91 Å². The van der Waals surface area contributed by atoms with Crippen LogP contribution >= 0.6 is 11.8 Å². The Hall–Kier alpha value is -2.03. The van der Waals surface area contributed by atoms with E-state index in [1.807, 2.05) is 6.07 Å². The first kappa shape index (κ1) is 16.3. The van der Waals surface area contributed by atoms with E-state index in [9.17, 15) is 18.0 Å². The van der Waals surface area contributed by atoms with Crippen molar-refractivity contribution >= 4 is 23.4 Å². The summed E-state index contributed by atoms with van der Waals surface area (Å²) in [5.41, 5.74) is 0.678. The minimum Gasteiger partial charge on any atom is -0.326 e. The number of rotatable bonds is 6. The van der Waals surface area contributed by atoms with Gasteiger partial charge in [-0.1, -0.05) is 30.0 Å². The third-order valence-electron chi connectivity index (χ3n) is 2.55. The number of para-hydroxylation sites is 1. The van der Waals surface area contributed by atoms with Gasteiger partial charge >= 0.3 is 6.18 Å². The molecule has 1 heterocycles. The van der Waals surface area contributed by atoms with Crippen LogP contribution in [0.15, 0.2) is 41.8 Å². The van der Waals surface area contributed by atoms with Crippen LogP contribution in [0.3, 0.4) is 0 Å². The Morgan fingerprint density at radius 1 is 1.27 bits per heavy atom. The maximum Gasteiger partial charge on any atom is 0.406 e. The first-order valence-corrected chi connectivity index (χ1v) is 7.35. The molecule has 9 heteroatoms. The summed E-state index contributed by atoms with van der Waals surface area (Å²) in [7, 11) is 0. The van der Waals surface area contributed by atoms with Crippen molar-refractivity contribution in [1.29, 1.82) is 0 Å². The number of hydrogen-bond donors (Lipinski definition) is 1. The van der Waals surface area contributed by atoms with Crippen LogP contribution in [0.4, 0.5) is 18.9 Å². The third kappa shape index (κ3) is 5.40. The normalized spacial score (nSPS) is 11.4. The molecule has 0 unspecified atom stereocenters. The monoisotopic (exact) mass is 330 g/mol. The highest BCUT2D eigenvalue weighted by atomic mass is 32.2. The molecule has 2 rings (SSSR count). The molecule has 0 bridgehead atoms. The maximum absolute atomic E-state index is 12.3. The quantitative estimate of drug-likeness (QED) is 0.827. The fourth-order valence-electron chi connectivity index (χ4n) is 1.64. The molecule has 2 aromatic rings. The Morgan fingerprint density at radius 3 is 2.68 bits per heavy atom. The van der Waals surface area contributed by atoms with Crippen molar-refractivity contribution in [2.24, 2.45) is 0 Å². The van der Waals surface area contributed by atoms with Crippen molar-refractivity contribution in [2.45, 2.75) is 24.3 Å². The lowest BCUT2D eigenvalue weighted by molar-refractivity contribution is -0.142. The summed E-state index contributed by atoms with van der Waals surface area (Å²) in [6, 6.07) is 8.93. The zero-order valence-corrected chi connectivity index (χ0v) is 12.2. The first-order valence-electron chi connectivity index (χ1n) is 6.36. The Balaban J connectivity index is 1.79. The Morgan fingerprint density at radius 2 is 2.00 bits per heavy atom. The van der Waals surface area contributed by atoms with Crippen LogP contribution in [0.1, 0.15) is 6.42 Å². The molecule has 0 aliphatic carbocycles. The van der Waals surface area contributed by atoms with Gasteiger partial charge in [0.25, 0.3) is 0 Å². The third-order valence-corrected chi connectivity index (χ3v) is 3.53. The second-order valence-corrected chi connectivity index (χ2v) is 5.43. The lowest BCUT2D eigenvalue weighted by atomic mass is 10.3. The van der Waals surface area contributed by atoms with Gasteiger partial charge in [0.1, 0.15) is 12.9 Å². The lowest BCUT2D eigenvalue weighted by Crippen LogP contribution is -2.18. The molecule has 0 aliphatic rings. The second-order valence-electron chi connectivity index (χ2n) is 4.37. The first-order chi connectivity index (χ1) is 10.4. The fourth-order valence-corrected chi connectivity index (χ4v) is 2.49. The predicted octanol–water partition coefficient (Wildman–Crippen LogP) is 2.96. The Kier molecular flexibility index (Phi) is 5.42. The summed E-state index contributed by atoms with van der Waals surface area (Å²) in [5.74, 6) is 0.107. The summed E-state index contributed by atoms with van der Waals surface area (Å²) in [6.45, 7) is -1.14. The van der Waals surface area contributed by atoms with Gasteiger partial charge in [-0.05, 0) is 12.1 Å². The van der Waals surface area contributed by atoms with Crippen LogP contribution in [-0.4, -0.2) is 32.6 Å². The van der Waals surface area contributed by atoms with Gasteiger partial charge < -0.3 is 5.32 Å². The molecule has 0 fully saturated rings. The lowest BCUT2D eigenvalue weighted by Gasteiger charge is -2.09. The van der Waals surface area contributed by atoms with E-state index < -0.39 is 12.7 Å². The summed E-state index contributed by atoms with van der Waals surface area (Å²) in [5, 5.41) is 9.93. The zero-order valence-electron chi connectivity index (χ0n) is 11.4.